The predicted octanol–water partition coefficient (Wildman–Crippen LogP) is 3.28. The van der Waals surface area contributed by atoms with Crippen LogP contribution in [0.1, 0.15) is 60.8 Å². The lowest BCUT2D eigenvalue weighted by Gasteiger charge is -2.48. The predicted molar refractivity (Wildman–Crippen MR) is 76.4 cm³/mol. The third kappa shape index (κ3) is 3.96. The van der Waals surface area contributed by atoms with E-state index in [2.05, 4.69) is 51.8 Å². The molecule has 1 N–H and O–H groups in total. The number of hydrogen-bond acceptors (Lipinski definition) is 2. The van der Waals surface area contributed by atoms with E-state index >= 15 is 0 Å². The Balaban J connectivity index is 2.70. The third-order valence-corrected chi connectivity index (χ3v) is 4.67. The maximum atomic E-state index is 3.74. The normalized spacial score (nSPS) is 31.8. The van der Waals surface area contributed by atoms with Gasteiger partial charge < -0.3 is 5.32 Å². The Kier molecular flexibility index (Phi) is 5.03. The second kappa shape index (κ2) is 5.71. The van der Waals surface area contributed by atoms with Crippen LogP contribution >= 0.6 is 0 Å². The minimum absolute atomic E-state index is 0.315. The van der Waals surface area contributed by atoms with Gasteiger partial charge in [0.25, 0.3) is 0 Å². The van der Waals surface area contributed by atoms with Crippen LogP contribution in [0.3, 0.4) is 0 Å². The summed E-state index contributed by atoms with van der Waals surface area (Å²) in [6.07, 6.45) is 3.73. The van der Waals surface area contributed by atoms with Gasteiger partial charge >= 0.3 is 0 Å². The van der Waals surface area contributed by atoms with Crippen molar-refractivity contribution in [2.45, 2.75) is 72.4 Å². The van der Waals surface area contributed by atoms with Crippen LogP contribution in [0.25, 0.3) is 0 Å². The van der Waals surface area contributed by atoms with E-state index in [0.717, 1.165) is 12.6 Å². The smallest absolute Gasteiger partial charge is 0.0278 e. The van der Waals surface area contributed by atoms with Gasteiger partial charge in [-0.15, -0.1) is 0 Å². The van der Waals surface area contributed by atoms with Crippen molar-refractivity contribution in [1.82, 2.24) is 10.2 Å². The average Bonchev–Trinajstić information content (AvgIpc) is 2.29. The highest BCUT2D eigenvalue weighted by Gasteiger charge is 2.35. The molecule has 0 amide bonds. The molecule has 0 aromatic rings. The fraction of sp³-hybridized carbons (Fsp3) is 1.00. The van der Waals surface area contributed by atoms with E-state index in [-0.39, 0.29) is 0 Å². The minimum Gasteiger partial charge on any atom is -0.309 e. The molecule has 0 spiro atoms. The quantitative estimate of drug-likeness (QED) is 0.793. The zero-order chi connectivity index (χ0) is 13.1. The first-order chi connectivity index (χ1) is 7.86. The van der Waals surface area contributed by atoms with Crippen molar-refractivity contribution in [3.8, 4) is 0 Å². The largest absolute Gasteiger partial charge is 0.309 e. The zero-order valence-electron chi connectivity index (χ0n) is 12.8. The van der Waals surface area contributed by atoms with E-state index < -0.39 is 0 Å². The molecular formula is C15H32N2. The summed E-state index contributed by atoms with van der Waals surface area (Å²) in [7, 11) is 0. The Labute approximate surface area is 108 Å². The van der Waals surface area contributed by atoms with Gasteiger partial charge in [0.05, 0.1) is 0 Å². The fourth-order valence-corrected chi connectivity index (χ4v) is 2.61. The molecule has 102 valence electrons. The first-order valence-corrected chi connectivity index (χ1v) is 7.35. The van der Waals surface area contributed by atoms with Gasteiger partial charge in [-0.3, -0.25) is 4.90 Å². The summed E-state index contributed by atoms with van der Waals surface area (Å²) in [5, 5.41) is 3.74. The Morgan fingerprint density at radius 2 is 1.94 bits per heavy atom. The molecule has 1 fully saturated rings. The van der Waals surface area contributed by atoms with Crippen LogP contribution in [-0.2, 0) is 0 Å². The molecule has 0 saturated carbocycles. The number of rotatable bonds is 5. The topological polar surface area (TPSA) is 15.3 Å². The van der Waals surface area contributed by atoms with Crippen LogP contribution in [0, 0.1) is 5.41 Å². The average molecular weight is 240 g/mol. The summed E-state index contributed by atoms with van der Waals surface area (Å²) in [6, 6.07) is 0.723. The van der Waals surface area contributed by atoms with E-state index in [9.17, 15) is 0 Å². The Morgan fingerprint density at radius 3 is 2.41 bits per heavy atom. The molecule has 2 heteroatoms. The van der Waals surface area contributed by atoms with E-state index in [1.807, 2.05) is 0 Å². The maximum absolute atomic E-state index is 3.74. The second-order valence-corrected chi connectivity index (χ2v) is 6.78. The lowest BCUT2D eigenvalue weighted by molar-refractivity contribution is 0.0481. The van der Waals surface area contributed by atoms with Crippen molar-refractivity contribution in [2.75, 3.05) is 19.6 Å². The van der Waals surface area contributed by atoms with Gasteiger partial charge in [-0.25, -0.2) is 0 Å². The van der Waals surface area contributed by atoms with Crippen molar-refractivity contribution >= 4 is 0 Å². The van der Waals surface area contributed by atoms with Gasteiger partial charge in [0.1, 0.15) is 0 Å². The first kappa shape index (κ1) is 15.0. The molecule has 17 heavy (non-hydrogen) atoms. The molecule has 0 aromatic carbocycles. The second-order valence-electron chi connectivity index (χ2n) is 6.78. The first-order valence-electron chi connectivity index (χ1n) is 7.35. The van der Waals surface area contributed by atoms with Crippen LogP contribution in [-0.4, -0.2) is 36.1 Å². The number of nitrogens with zero attached hydrogens (tertiary/aromatic N) is 1. The molecular weight excluding hydrogens is 208 g/mol. The van der Waals surface area contributed by atoms with Crippen molar-refractivity contribution in [3.05, 3.63) is 0 Å². The summed E-state index contributed by atoms with van der Waals surface area (Å²) in [6.45, 7) is 17.7. The monoisotopic (exact) mass is 240 g/mol. The highest BCUT2D eigenvalue weighted by molar-refractivity contribution is 4.95. The zero-order valence-corrected chi connectivity index (χ0v) is 12.8. The van der Waals surface area contributed by atoms with Gasteiger partial charge in [-0.2, -0.15) is 0 Å². The standard InChI is InChI=1S/C15H32N2/c1-7-13-10-16-15(6,9-3)12-17(13)11-14(4,5)8-2/h13,16H,7-12H2,1-6H3. The molecule has 0 aliphatic carbocycles. The summed E-state index contributed by atoms with van der Waals surface area (Å²) in [4.78, 5) is 2.73. The van der Waals surface area contributed by atoms with Gasteiger partial charge in [0.15, 0.2) is 0 Å². The van der Waals surface area contributed by atoms with E-state index in [0.29, 0.717) is 11.0 Å². The van der Waals surface area contributed by atoms with Crippen LogP contribution < -0.4 is 5.32 Å². The highest BCUT2D eigenvalue weighted by atomic mass is 15.3. The van der Waals surface area contributed by atoms with Gasteiger partial charge in [-0.1, -0.05) is 34.6 Å². The molecule has 0 bridgehead atoms. The van der Waals surface area contributed by atoms with Gasteiger partial charge in [0, 0.05) is 31.2 Å². The molecule has 1 saturated heterocycles. The number of hydrogen-bond donors (Lipinski definition) is 1. The van der Waals surface area contributed by atoms with Crippen LogP contribution in [0.4, 0.5) is 0 Å². The van der Waals surface area contributed by atoms with E-state index in [4.69, 9.17) is 0 Å². The Bertz CT molecular complexity index is 235. The van der Waals surface area contributed by atoms with Crippen molar-refractivity contribution in [3.63, 3.8) is 0 Å². The van der Waals surface area contributed by atoms with Gasteiger partial charge in [-0.05, 0) is 31.6 Å². The fourth-order valence-electron chi connectivity index (χ4n) is 2.61. The Morgan fingerprint density at radius 1 is 1.29 bits per heavy atom. The molecule has 1 rings (SSSR count). The van der Waals surface area contributed by atoms with E-state index in [1.54, 1.807) is 0 Å². The van der Waals surface area contributed by atoms with Gasteiger partial charge in [0.2, 0.25) is 0 Å². The molecule has 1 aliphatic heterocycles. The third-order valence-electron chi connectivity index (χ3n) is 4.67. The van der Waals surface area contributed by atoms with Crippen molar-refractivity contribution in [1.29, 1.82) is 0 Å². The summed E-state index contributed by atoms with van der Waals surface area (Å²) >= 11 is 0. The van der Waals surface area contributed by atoms with Crippen molar-refractivity contribution in [2.24, 2.45) is 5.41 Å². The summed E-state index contributed by atoms with van der Waals surface area (Å²) < 4.78 is 0. The highest BCUT2D eigenvalue weighted by Crippen LogP contribution is 2.27. The number of piperazine rings is 1. The summed E-state index contributed by atoms with van der Waals surface area (Å²) in [5.74, 6) is 0. The molecule has 2 atom stereocenters. The molecule has 2 nitrogen and oxygen atoms in total. The van der Waals surface area contributed by atoms with Crippen molar-refractivity contribution < 1.29 is 0 Å². The molecule has 1 heterocycles. The lowest BCUT2D eigenvalue weighted by atomic mass is 9.86. The molecule has 0 radical (unpaired) electrons. The minimum atomic E-state index is 0.315. The number of nitrogens with one attached hydrogen (secondary N) is 1. The Hall–Kier alpha value is -0.0800. The maximum Gasteiger partial charge on any atom is 0.0278 e. The SMILES string of the molecule is CCC1CNC(C)(CC)CN1CC(C)(C)CC. The van der Waals surface area contributed by atoms with Crippen LogP contribution in [0.2, 0.25) is 0 Å². The molecule has 2 unspecified atom stereocenters. The van der Waals surface area contributed by atoms with Crippen LogP contribution in [0.5, 0.6) is 0 Å². The van der Waals surface area contributed by atoms with E-state index in [1.165, 1.54) is 32.4 Å². The molecule has 0 aromatic heterocycles. The molecule has 1 aliphatic rings. The lowest BCUT2D eigenvalue weighted by Crippen LogP contribution is -2.63. The summed E-state index contributed by atoms with van der Waals surface area (Å²) in [5.41, 5.74) is 0.759. The van der Waals surface area contributed by atoms with Crippen LogP contribution in [0.15, 0.2) is 0 Å².